The van der Waals surface area contributed by atoms with Crippen molar-refractivity contribution in [1.29, 1.82) is 0 Å². The highest BCUT2D eigenvalue weighted by atomic mass is 32.2. The minimum absolute atomic E-state index is 0.119. The molecule has 29 heavy (non-hydrogen) atoms. The summed E-state index contributed by atoms with van der Waals surface area (Å²) in [6, 6.07) is 22.7. The normalized spacial score (nSPS) is 11.3. The molecule has 0 radical (unpaired) electrons. The van der Waals surface area contributed by atoms with Crippen LogP contribution in [0.2, 0.25) is 0 Å². The van der Waals surface area contributed by atoms with E-state index in [1.807, 2.05) is 48.5 Å². The summed E-state index contributed by atoms with van der Waals surface area (Å²) in [5.41, 5.74) is 2.65. The maximum Gasteiger partial charge on any atom is 0.255 e. The minimum atomic E-state index is -3.59. The Morgan fingerprint density at radius 3 is 2.00 bits per heavy atom. The van der Waals surface area contributed by atoms with Crippen LogP contribution in [0.15, 0.2) is 83.8 Å². The standard InChI is InChI=1S/C22H23N3O3S/c1-16(2)25-29(27,28)19-14-12-17(13-15-19)22(26)24-21-11-7-6-10-20(21)23-18-8-4-3-5-9-18/h3-16,23,25H,1-2H3,(H,24,26). The van der Waals surface area contributed by atoms with Crippen molar-refractivity contribution in [3.8, 4) is 0 Å². The predicted molar refractivity (Wildman–Crippen MR) is 116 cm³/mol. The molecule has 7 heteroatoms. The van der Waals surface area contributed by atoms with Crippen LogP contribution < -0.4 is 15.4 Å². The first-order chi connectivity index (χ1) is 13.8. The SMILES string of the molecule is CC(C)NS(=O)(=O)c1ccc(C(=O)Nc2ccccc2Nc2ccccc2)cc1. The number of hydrogen-bond acceptors (Lipinski definition) is 4. The fourth-order valence-corrected chi connectivity index (χ4v) is 3.99. The van der Waals surface area contributed by atoms with Gasteiger partial charge in [0.15, 0.2) is 0 Å². The molecule has 6 nitrogen and oxygen atoms in total. The Balaban J connectivity index is 1.76. The van der Waals surface area contributed by atoms with Crippen molar-refractivity contribution in [2.24, 2.45) is 0 Å². The Labute approximate surface area is 171 Å². The number of hydrogen-bond donors (Lipinski definition) is 3. The van der Waals surface area contributed by atoms with E-state index in [0.29, 0.717) is 11.3 Å². The second kappa shape index (κ2) is 8.89. The number of carbonyl (C=O) groups excluding carboxylic acids is 1. The molecule has 0 saturated heterocycles. The first-order valence-corrected chi connectivity index (χ1v) is 10.7. The zero-order valence-corrected chi connectivity index (χ0v) is 17.0. The van der Waals surface area contributed by atoms with Gasteiger partial charge in [-0.15, -0.1) is 0 Å². The van der Waals surface area contributed by atoms with E-state index in [0.717, 1.165) is 11.4 Å². The third-order valence-corrected chi connectivity index (χ3v) is 5.72. The molecule has 1 amide bonds. The van der Waals surface area contributed by atoms with Gasteiger partial charge >= 0.3 is 0 Å². The van der Waals surface area contributed by atoms with Crippen LogP contribution >= 0.6 is 0 Å². The lowest BCUT2D eigenvalue weighted by Crippen LogP contribution is -2.30. The van der Waals surface area contributed by atoms with Gasteiger partial charge in [0.25, 0.3) is 5.91 Å². The number of para-hydroxylation sites is 3. The fourth-order valence-electron chi connectivity index (χ4n) is 2.74. The van der Waals surface area contributed by atoms with E-state index in [9.17, 15) is 13.2 Å². The van der Waals surface area contributed by atoms with Crippen LogP contribution in [0.5, 0.6) is 0 Å². The molecule has 0 bridgehead atoms. The number of carbonyl (C=O) groups is 1. The highest BCUT2D eigenvalue weighted by Crippen LogP contribution is 2.25. The van der Waals surface area contributed by atoms with E-state index in [1.165, 1.54) is 24.3 Å². The summed E-state index contributed by atoms with van der Waals surface area (Å²) in [4.78, 5) is 12.8. The molecular formula is C22H23N3O3S. The van der Waals surface area contributed by atoms with Gasteiger partial charge in [0, 0.05) is 17.3 Å². The lowest BCUT2D eigenvalue weighted by molar-refractivity contribution is 0.102. The van der Waals surface area contributed by atoms with Crippen molar-refractivity contribution < 1.29 is 13.2 Å². The van der Waals surface area contributed by atoms with Gasteiger partial charge in [0.1, 0.15) is 0 Å². The van der Waals surface area contributed by atoms with Gasteiger partial charge in [0.2, 0.25) is 10.0 Å². The molecule has 3 aromatic rings. The van der Waals surface area contributed by atoms with Crippen molar-refractivity contribution in [2.75, 3.05) is 10.6 Å². The second-order valence-corrected chi connectivity index (χ2v) is 8.51. The molecule has 0 aromatic heterocycles. The summed E-state index contributed by atoms with van der Waals surface area (Å²) in [7, 11) is -3.59. The zero-order chi connectivity index (χ0) is 20.9. The molecular weight excluding hydrogens is 386 g/mol. The Morgan fingerprint density at radius 1 is 0.793 bits per heavy atom. The topological polar surface area (TPSA) is 87.3 Å². The lowest BCUT2D eigenvalue weighted by atomic mass is 10.2. The van der Waals surface area contributed by atoms with Crippen LogP contribution in [0.25, 0.3) is 0 Å². The summed E-state index contributed by atoms with van der Waals surface area (Å²) in [6.45, 7) is 3.50. The van der Waals surface area contributed by atoms with Crippen LogP contribution in [0.3, 0.4) is 0 Å². The van der Waals surface area contributed by atoms with Gasteiger partial charge in [-0.3, -0.25) is 4.79 Å². The number of anilines is 3. The van der Waals surface area contributed by atoms with Crippen LogP contribution in [-0.4, -0.2) is 20.4 Å². The number of sulfonamides is 1. The van der Waals surface area contributed by atoms with Gasteiger partial charge in [-0.25, -0.2) is 13.1 Å². The minimum Gasteiger partial charge on any atom is -0.354 e. The van der Waals surface area contributed by atoms with E-state index >= 15 is 0 Å². The first-order valence-electron chi connectivity index (χ1n) is 9.20. The molecule has 0 unspecified atom stereocenters. The monoisotopic (exact) mass is 409 g/mol. The van der Waals surface area contributed by atoms with E-state index < -0.39 is 10.0 Å². The number of rotatable bonds is 7. The van der Waals surface area contributed by atoms with Crippen LogP contribution in [0.4, 0.5) is 17.1 Å². The smallest absolute Gasteiger partial charge is 0.255 e. The highest BCUT2D eigenvalue weighted by molar-refractivity contribution is 7.89. The van der Waals surface area contributed by atoms with Gasteiger partial charge in [-0.1, -0.05) is 30.3 Å². The number of benzene rings is 3. The molecule has 3 N–H and O–H groups in total. The van der Waals surface area contributed by atoms with Crippen molar-refractivity contribution in [3.63, 3.8) is 0 Å². The van der Waals surface area contributed by atoms with E-state index in [1.54, 1.807) is 19.9 Å². The van der Waals surface area contributed by atoms with Crippen molar-refractivity contribution in [2.45, 2.75) is 24.8 Å². The Hall–Kier alpha value is -3.16. The van der Waals surface area contributed by atoms with Crippen molar-refractivity contribution >= 4 is 33.0 Å². The van der Waals surface area contributed by atoms with E-state index in [2.05, 4.69) is 15.4 Å². The van der Waals surface area contributed by atoms with E-state index in [-0.39, 0.29) is 16.8 Å². The van der Waals surface area contributed by atoms with Crippen molar-refractivity contribution in [3.05, 3.63) is 84.4 Å². The van der Waals surface area contributed by atoms with Crippen LogP contribution in [0, 0.1) is 0 Å². The highest BCUT2D eigenvalue weighted by Gasteiger charge is 2.16. The molecule has 0 aliphatic rings. The average Bonchev–Trinajstić information content (AvgIpc) is 2.69. The fraction of sp³-hybridized carbons (Fsp3) is 0.136. The molecule has 0 saturated carbocycles. The van der Waals surface area contributed by atoms with Gasteiger partial charge in [0.05, 0.1) is 16.3 Å². The summed E-state index contributed by atoms with van der Waals surface area (Å²) in [6.07, 6.45) is 0. The molecule has 0 aliphatic heterocycles. The third-order valence-electron chi connectivity index (χ3n) is 4.05. The van der Waals surface area contributed by atoms with Gasteiger partial charge in [-0.05, 0) is 62.4 Å². The van der Waals surface area contributed by atoms with Gasteiger partial charge in [-0.2, -0.15) is 0 Å². The third kappa shape index (κ3) is 5.43. The van der Waals surface area contributed by atoms with E-state index in [4.69, 9.17) is 0 Å². The predicted octanol–water partition coefficient (Wildman–Crippen LogP) is 4.37. The maximum absolute atomic E-state index is 12.7. The quantitative estimate of drug-likeness (QED) is 0.541. The Bertz CT molecular complexity index is 1080. The number of amides is 1. The Kier molecular flexibility index (Phi) is 6.31. The second-order valence-electron chi connectivity index (χ2n) is 6.79. The van der Waals surface area contributed by atoms with Crippen molar-refractivity contribution in [1.82, 2.24) is 4.72 Å². The number of nitrogens with one attached hydrogen (secondary N) is 3. The molecule has 0 spiro atoms. The lowest BCUT2D eigenvalue weighted by Gasteiger charge is -2.13. The molecule has 3 rings (SSSR count). The summed E-state index contributed by atoms with van der Waals surface area (Å²) < 4.78 is 26.9. The summed E-state index contributed by atoms with van der Waals surface area (Å²) >= 11 is 0. The van der Waals surface area contributed by atoms with Gasteiger partial charge < -0.3 is 10.6 Å². The zero-order valence-electron chi connectivity index (χ0n) is 16.2. The van der Waals surface area contributed by atoms with Crippen LogP contribution in [0.1, 0.15) is 24.2 Å². The molecule has 0 fully saturated rings. The molecule has 3 aromatic carbocycles. The molecule has 0 atom stereocenters. The average molecular weight is 410 g/mol. The molecule has 150 valence electrons. The largest absolute Gasteiger partial charge is 0.354 e. The van der Waals surface area contributed by atoms with Crippen LogP contribution in [-0.2, 0) is 10.0 Å². The molecule has 0 aliphatic carbocycles. The summed E-state index contributed by atoms with van der Waals surface area (Å²) in [5, 5.41) is 6.15. The molecule has 0 heterocycles. The first kappa shape index (κ1) is 20.6. The maximum atomic E-state index is 12.7. The Morgan fingerprint density at radius 2 is 1.38 bits per heavy atom. The summed E-state index contributed by atoms with van der Waals surface area (Å²) in [5.74, 6) is -0.326.